The van der Waals surface area contributed by atoms with E-state index < -0.39 is 5.41 Å². The number of hydrogen-bond acceptors (Lipinski definition) is 5. The highest BCUT2D eigenvalue weighted by Gasteiger charge is 2.43. The van der Waals surface area contributed by atoms with Crippen LogP contribution in [0.1, 0.15) is 43.6 Å². The topological polar surface area (TPSA) is 85.7 Å². The van der Waals surface area contributed by atoms with Gasteiger partial charge in [-0.15, -0.1) is 0 Å². The van der Waals surface area contributed by atoms with E-state index in [2.05, 4.69) is 14.9 Å². The second kappa shape index (κ2) is 7.98. The van der Waals surface area contributed by atoms with Crippen LogP contribution in [0.25, 0.3) is 0 Å². The van der Waals surface area contributed by atoms with Gasteiger partial charge in [0.25, 0.3) is 0 Å². The highest BCUT2D eigenvalue weighted by Crippen LogP contribution is 2.42. The molecule has 8 heteroatoms. The normalized spacial score (nSPS) is 21.7. The number of aromatic nitrogens is 2. The first-order valence-electron chi connectivity index (χ1n) is 9.93. The Kier molecular flexibility index (Phi) is 5.45. The van der Waals surface area contributed by atoms with Crippen LogP contribution in [0.4, 0.5) is 0 Å². The van der Waals surface area contributed by atoms with Crippen LogP contribution in [0.5, 0.6) is 0 Å². The van der Waals surface area contributed by atoms with E-state index >= 15 is 0 Å². The van der Waals surface area contributed by atoms with Crippen molar-refractivity contribution in [2.45, 2.75) is 51.8 Å². The summed E-state index contributed by atoms with van der Waals surface area (Å²) >= 11 is 0. The molecule has 1 N–H and O–H groups in total. The van der Waals surface area contributed by atoms with Crippen LogP contribution in [0, 0.1) is 5.41 Å². The van der Waals surface area contributed by atoms with E-state index in [-0.39, 0.29) is 11.8 Å². The molecular weight excluding hydrogens is 348 g/mol. The lowest BCUT2D eigenvalue weighted by molar-refractivity contribution is -0.143. The number of carbonyl (C=O) groups excluding carboxylic acids is 2. The van der Waals surface area contributed by atoms with Gasteiger partial charge < -0.3 is 24.3 Å². The number of nitrogens with one attached hydrogen (secondary N) is 1. The van der Waals surface area contributed by atoms with Gasteiger partial charge >= 0.3 is 0 Å². The molecule has 2 fully saturated rings. The van der Waals surface area contributed by atoms with E-state index in [4.69, 9.17) is 9.47 Å². The van der Waals surface area contributed by atoms with Crippen LogP contribution < -0.4 is 5.32 Å². The minimum atomic E-state index is -0.566. The summed E-state index contributed by atoms with van der Waals surface area (Å²) < 4.78 is 12.9. The minimum absolute atomic E-state index is 0.00391. The third-order valence-corrected chi connectivity index (χ3v) is 6.04. The summed E-state index contributed by atoms with van der Waals surface area (Å²) in [6.07, 6.45) is 5.69. The monoisotopic (exact) mass is 376 g/mol. The molecule has 1 aromatic heterocycles. The third-order valence-electron chi connectivity index (χ3n) is 6.04. The first kappa shape index (κ1) is 18.4. The third kappa shape index (κ3) is 3.87. The molecule has 1 saturated carbocycles. The van der Waals surface area contributed by atoms with Gasteiger partial charge in [-0.25, -0.2) is 4.98 Å². The fraction of sp³-hybridized carbons (Fsp3) is 0.737. The minimum Gasteiger partial charge on any atom is -0.378 e. The molecule has 0 atom stereocenters. The molecule has 0 unspecified atom stereocenters. The van der Waals surface area contributed by atoms with Crippen molar-refractivity contribution in [2.24, 2.45) is 5.41 Å². The van der Waals surface area contributed by atoms with E-state index in [1.807, 2.05) is 11.1 Å². The second-order valence-corrected chi connectivity index (χ2v) is 7.71. The number of hydrogen-bond donors (Lipinski definition) is 1. The maximum Gasteiger partial charge on any atom is 0.227 e. The average Bonchev–Trinajstić information content (AvgIpc) is 3.35. The maximum absolute atomic E-state index is 13.1. The molecule has 0 radical (unpaired) electrons. The largest absolute Gasteiger partial charge is 0.378 e. The summed E-state index contributed by atoms with van der Waals surface area (Å²) in [7, 11) is 0. The molecule has 1 saturated heterocycles. The lowest BCUT2D eigenvalue weighted by Gasteiger charge is -2.32. The van der Waals surface area contributed by atoms with E-state index in [0.717, 1.165) is 43.7 Å². The van der Waals surface area contributed by atoms with Crippen molar-refractivity contribution >= 4 is 11.8 Å². The number of amides is 2. The Hall–Kier alpha value is -1.93. The molecule has 2 aliphatic heterocycles. The van der Waals surface area contributed by atoms with Gasteiger partial charge in [-0.2, -0.15) is 0 Å². The predicted octanol–water partition coefficient (Wildman–Crippen LogP) is 0.839. The Labute approximate surface area is 159 Å². The number of carbonyl (C=O) groups is 2. The number of rotatable bonds is 5. The van der Waals surface area contributed by atoms with Crippen LogP contribution in [0.15, 0.2) is 6.20 Å². The SMILES string of the molecule is O=C(CC1(C(=O)NCc2cnc3n2CCOC3)CCCC1)N1CCOCC1. The molecule has 3 heterocycles. The molecule has 4 rings (SSSR count). The van der Waals surface area contributed by atoms with Gasteiger partial charge in [0.1, 0.15) is 12.4 Å². The highest BCUT2D eigenvalue weighted by atomic mass is 16.5. The smallest absolute Gasteiger partial charge is 0.227 e. The fourth-order valence-electron chi connectivity index (χ4n) is 4.41. The van der Waals surface area contributed by atoms with Gasteiger partial charge in [0.05, 0.1) is 43.7 Å². The maximum atomic E-state index is 13.1. The summed E-state index contributed by atoms with van der Waals surface area (Å²) in [5.74, 6) is 0.988. The first-order chi connectivity index (χ1) is 13.2. The van der Waals surface area contributed by atoms with Crippen molar-refractivity contribution in [3.63, 3.8) is 0 Å². The van der Waals surface area contributed by atoms with Crippen molar-refractivity contribution < 1.29 is 19.1 Å². The molecule has 1 aliphatic carbocycles. The van der Waals surface area contributed by atoms with E-state index in [1.54, 1.807) is 0 Å². The Balaban J connectivity index is 1.40. The van der Waals surface area contributed by atoms with Gasteiger partial charge in [-0.3, -0.25) is 9.59 Å². The predicted molar refractivity (Wildman–Crippen MR) is 96.6 cm³/mol. The second-order valence-electron chi connectivity index (χ2n) is 7.71. The van der Waals surface area contributed by atoms with Crippen molar-refractivity contribution in [3.05, 3.63) is 17.7 Å². The van der Waals surface area contributed by atoms with Gasteiger partial charge in [-0.1, -0.05) is 12.8 Å². The zero-order valence-corrected chi connectivity index (χ0v) is 15.7. The first-order valence-corrected chi connectivity index (χ1v) is 9.93. The molecule has 1 aromatic rings. The van der Waals surface area contributed by atoms with Gasteiger partial charge in [0, 0.05) is 26.1 Å². The zero-order chi connectivity index (χ0) is 18.7. The van der Waals surface area contributed by atoms with Crippen LogP contribution >= 0.6 is 0 Å². The Bertz CT molecular complexity index is 690. The lowest BCUT2D eigenvalue weighted by Crippen LogP contribution is -2.46. The van der Waals surface area contributed by atoms with Gasteiger partial charge in [0.2, 0.25) is 11.8 Å². The summed E-state index contributed by atoms with van der Waals surface area (Å²) in [6, 6.07) is 0. The zero-order valence-electron chi connectivity index (χ0n) is 15.7. The van der Waals surface area contributed by atoms with Crippen molar-refractivity contribution in [3.8, 4) is 0 Å². The summed E-state index contributed by atoms with van der Waals surface area (Å²) in [4.78, 5) is 32.0. The van der Waals surface area contributed by atoms with Crippen molar-refractivity contribution in [2.75, 3.05) is 32.9 Å². The summed E-state index contributed by atoms with van der Waals surface area (Å²) in [5.41, 5.74) is 0.429. The summed E-state index contributed by atoms with van der Waals surface area (Å²) in [5, 5.41) is 3.09. The van der Waals surface area contributed by atoms with E-state index in [9.17, 15) is 9.59 Å². The molecule has 148 valence electrons. The molecule has 0 aromatic carbocycles. The average molecular weight is 376 g/mol. The van der Waals surface area contributed by atoms with Crippen molar-refractivity contribution in [1.29, 1.82) is 0 Å². The molecule has 0 spiro atoms. The van der Waals surface area contributed by atoms with Crippen LogP contribution in [-0.4, -0.2) is 59.2 Å². The number of nitrogens with zero attached hydrogens (tertiary/aromatic N) is 3. The van der Waals surface area contributed by atoms with Crippen LogP contribution in [0.2, 0.25) is 0 Å². The lowest BCUT2D eigenvalue weighted by atomic mass is 9.81. The number of imidazole rings is 1. The number of fused-ring (bicyclic) bond motifs is 1. The summed E-state index contributed by atoms with van der Waals surface area (Å²) in [6.45, 7) is 4.82. The number of ether oxygens (including phenoxy) is 2. The fourth-order valence-corrected chi connectivity index (χ4v) is 4.41. The van der Waals surface area contributed by atoms with E-state index in [1.165, 1.54) is 0 Å². The Morgan fingerprint density at radius 1 is 1.11 bits per heavy atom. The Morgan fingerprint density at radius 3 is 2.63 bits per heavy atom. The van der Waals surface area contributed by atoms with Crippen LogP contribution in [-0.2, 0) is 38.8 Å². The molecule has 0 bridgehead atoms. The van der Waals surface area contributed by atoms with Gasteiger partial charge in [-0.05, 0) is 12.8 Å². The molecule has 2 amide bonds. The molecule has 3 aliphatic rings. The highest BCUT2D eigenvalue weighted by molar-refractivity contribution is 5.89. The van der Waals surface area contributed by atoms with Crippen molar-refractivity contribution in [1.82, 2.24) is 19.8 Å². The Morgan fingerprint density at radius 2 is 1.85 bits per heavy atom. The standard InChI is InChI=1S/C19H28N4O4/c24-17(22-5-8-26-9-6-22)11-19(3-1-2-4-19)18(25)21-13-15-12-20-16-14-27-10-7-23(15)16/h12H,1-11,13-14H2,(H,21,25). The molecular formula is C19H28N4O4. The molecule has 27 heavy (non-hydrogen) atoms. The quantitative estimate of drug-likeness (QED) is 0.823. The van der Waals surface area contributed by atoms with Crippen LogP contribution in [0.3, 0.4) is 0 Å². The van der Waals surface area contributed by atoms with E-state index in [0.29, 0.717) is 52.5 Å². The van der Waals surface area contributed by atoms with Gasteiger partial charge in [0.15, 0.2) is 0 Å². The molecule has 8 nitrogen and oxygen atoms in total. The number of morpholine rings is 1.